The molecule has 1 N–H and O–H groups in total. The Kier molecular flexibility index (Phi) is 2.37. The van der Waals surface area contributed by atoms with Crippen molar-refractivity contribution in [1.82, 2.24) is 5.10 Å². The van der Waals surface area contributed by atoms with Crippen molar-refractivity contribution in [3.05, 3.63) is 39.1 Å². The van der Waals surface area contributed by atoms with Crippen LogP contribution in [-0.2, 0) is 6.54 Å². The SMILES string of the molecule is CC[n+]1cc(=O)c2cc(Br)ccc2[nH]1. The number of fused-ring (bicyclic) bond motifs is 1. The lowest BCUT2D eigenvalue weighted by Crippen LogP contribution is -2.39. The standard InChI is InChI=1S/C10H9BrN2O/c1-2-13-6-10(14)8-5-7(11)3-4-9(8)12-13/h3-6H,2H2,1H3/p+1. The number of aromatic amines is 1. The van der Waals surface area contributed by atoms with Crippen LogP contribution in [0.3, 0.4) is 0 Å². The zero-order chi connectivity index (χ0) is 10.1. The van der Waals surface area contributed by atoms with Crippen LogP contribution < -0.4 is 10.1 Å². The average molecular weight is 254 g/mol. The van der Waals surface area contributed by atoms with Crippen LogP contribution in [0.5, 0.6) is 0 Å². The van der Waals surface area contributed by atoms with Crippen molar-refractivity contribution in [2.45, 2.75) is 13.5 Å². The Bertz CT molecular complexity index is 533. The Morgan fingerprint density at radius 3 is 3.00 bits per heavy atom. The summed E-state index contributed by atoms with van der Waals surface area (Å²) in [5, 5.41) is 3.85. The minimum absolute atomic E-state index is 0.0434. The van der Waals surface area contributed by atoms with Gasteiger partial charge in [0.15, 0.2) is 6.54 Å². The van der Waals surface area contributed by atoms with E-state index in [0.29, 0.717) is 5.39 Å². The molecule has 72 valence electrons. The highest BCUT2D eigenvalue weighted by Gasteiger charge is 2.05. The van der Waals surface area contributed by atoms with E-state index >= 15 is 0 Å². The molecule has 0 amide bonds. The number of H-pyrrole nitrogens is 1. The fraction of sp³-hybridized carbons (Fsp3) is 0.200. The molecule has 0 radical (unpaired) electrons. The van der Waals surface area contributed by atoms with Crippen LogP contribution in [0.4, 0.5) is 0 Å². The van der Waals surface area contributed by atoms with Gasteiger partial charge in [-0.05, 0) is 25.1 Å². The second kappa shape index (κ2) is 3.53. The highest BCUT2D eigenvalue weighted by Crippen LogP contribution is 2.13. The van der Waals surface area contributed by atoms with E-state index in [0.717, 1.165) is 16.5 Å². The Morgan fingerprint density at radius 2 is 2.29 bits per heavy atom. The van der Waals surface area contributed by atoms with Gasteiger partial charge in [0.1, 0.15) is 5.52 Å². The first-order chi connectivity index (χ1) is 6.70. The monoisotopic (exact) mass is 253 g/mol. The summed E-state index contributed by atoms with van der Waals surface area (Å²) in [5.41, 5.74) is 0.907. The third kappa shape index (κ3) is 1.57. The number of aromatic nitrogens is 2. The number of rotatable bonds is 1. The molecule has 0 saturated heterocycles. The highest BCUT2D eigenvalue weighted by atomic mass is 79.9. The topological polar surface area (TPSA) is 36.7 Å². The number of halogens is 1. The van der Waals surface area contributed by atoms with Crippen LogP contribution in [0.25, 0.3) is 10.9 Å². The van der Waals surface area contributed by atoms with E-state index in [1.54, 1.807) is 10.9 Å². The van der Waals surface area contributed by atoms with Gasteiger partial charge in [-0.1, -0.05) is 15.9 Å². The molecule has 2 rings (SSSR count). The minimum atomic E-state index is 0.0434. The summed E-state index contributed by atoms with van der Waals surface area (Å²) in [5.74, 6) is 0. The Hall–Kier alpha value is -1.16. The van der Waals surface area contributed by atoms with E-state index in [2.05, 4.69) is 21.0 Å². The molecule has 1 heterocycles. The highest BCUT2D eigenvalue weighted by molar-refractivity contribution is 9.10. The molecule has 3 nitrogen and oxygen atoms in total. The summed E-state index contributed by atoms with van der Waals surface area (Å²) in [6.07, 6.45) is 1.58. The largest absolute Gasteiger partial charge is 0.282 e. The van der Waals surface area contributed by atoms with E-state index in [-0.39, 0.29) is 5.43 Å². The lowest BCUT2D eigenvalue weighted by atomic mass is 10.2. The maximum absolute atomic E-state index is 11.6. The molecule has 0 fully saturated rings. The molecule has 1 aromatic carbocycles. The normalized spacial score (nSPS) is 10.7. The van der Waals surface area contributed by atoms with Crippen molar-refractivity contribution in [1.29, 1.82) is 0 Å². The summed E-state index contributed by atoms with van der Waals surface area (Å²) < 4.78 is 2.70. The summed E-state index contributed by atoms with van der Waals surface area (Å²) in [4.78, 5) is 11.6. The van der Waals surface area contributed by atoms with E-state index in [1.807, 2.05) is 25.1 Å². The summed E-state index contributed by atoms with van der Waals surface area (Å²) in [7, 11) is 0. The number of hydrogen-bond acceptors (Lipinski definition) is 1. The first-order valence-corrected chi connectivity index (χ1v) is 5.22. The van der Waals surface area contributed by atoms with Crippen LogP contribution in [0, 0.1) is 0 Å². The molecule has 1 aromatic heterocycles. The lowest BCUT2D eigenvalue weighted by Gasteiger charge is -1.97. The average Bonchev–Trinajstić information content (AvgIpc) is 2.19. The van der Waals surface area contributed by atoms with Crippen molar-refractivity contribution in [3.63, 3.8) is 0 Å². The van der Waals surface area contributed by atoms with Gasteiger partial charge in [-0.3, -0.25) is 4.79 Å². The second-order valence-electron chi connectivity index (χ2n) is 3.08. The molecule has 14 heavy (non-hydrogen) atoms. The first-order valence-electron chi connectivity index (χ1n) is 4.42. The van der Waals surface area contributed by atoms with Gasteiger partial charge in [-0.15, -0.1) is 4.68 Å². The molecule has 0 spiro atoms. The number of nitrogens with zero attached hydrogens (tertiary/aromatic N) is 1. The van der Waals surface area contributed by atoms with Crippen molar-refractivity contribution in [3.8, 4) is 0 Å². The van der Waals surface area contributed by atoms with Gasteiger partial charge in [-0.2, -0.15) is 5.10 Å². The van der Waals surface area contributed by atoms with Gasteiger partial charge >= 0.3 is 0 Å². The molecular weight excluding hydrogens is 244 g/mol. The minimum Gasteiger partial charge on any atom is -0.282 e. The Labute approximate surface area is 89.5 Å². The zero-order valence-electron chi connectivity index (χ0n) is 7.75. The first kappa shape index (κ1) is 9.40. The fourth-order valence-electron chi connectivity index (χ4n) is 1.39. The van der Waals surface area contributed by atoms with Crippen molar-refractivity contribution >= 4 is 26.8 Å². The third-order valence-corrected chi connectivity index (χ3v) is 2.62. The van der Waals surface area contributed by atoms with Gasteiger partial charge in [0.25, 0.3) is 5.43 Å². The molecule has 0 bridgehead atoms. The van der Waals surface area contributed by atoms with E-state index < -0.39 is 0 Å². The van der Waals surface area contributed by atoms with E-state index in [1.165, 1.54) is 0 Å². The number of nitrogens with one attached hydrogen (secondary N) is 1. The van der Waals surface area contributed by atoms with Gasteiger partial charge in [0.05, 0.1) is 5.39 Å². The maximum Gasteiger partial charge on any atom is 0.253 e. The molecule has 0 aliphatic carbocycles. The Balaban J connectivity index is 2.83. The van der Waals surface area contributed by atoms with E-state index in [9.17, 15) is 4.79 Å². The molecule has 0 aliphatic heterocycles. The summed E-state index contributed by atoms with van der Waals surface area (Å²) in [6.45, 7) is 2.75. The molecule has 0 unspecified atom stereocenters. The van der Waals surface area contributed by atoms with Crippen molar-refractivity contribution in [2.24, 2.45) is 0 Å². The van der Waals surface area contributed by atoms with Crippen LogP contribution in [-0.4, -0.2) is 5.10 Å². The van der Waals surface area contributed by atoms with Crippen molar-refractivity contribution in [2.75, 3.05) is 0 Å². The third-order valence-electron chi connectivity index (χ3n) is 2.12. The molecule has 0 atom stereocenters. The van der Waals surface area contributed by atoms with E-state index in [4.69, 9.17) is 0 Å². The quantitative estimate of drug-likeness (QED) is 0.771. The van der Waals surface area contributed by atoms with Gasteiger partial charge in [-0.25, -0.2) is 0 Å². The lowest BCUT2D eigenvalue weighted by molar-refractivity contribution is -0.749. The molecule has 0 aliphatic rings. The number of benzene rings is 1. The number of hydrogen-bond donors (Lipinski definition) is 1. The van der Waals surface area contributed by atoms with Crippen LogP contribution in [0.1, 0.15) is 6.92 Å². The zero-order valence-corrected chi connectivity index (χ0v) is 9.34. The molecule has 4 heteroatoms. The molecule has 0 saturated carbocycles. The van der Waals surface area contributed by atoms with Gasteiger partial charge in [0.2, 0.25) is 6.20 Å². The maximum atomic E-state index is 11.6. The number of aryl methyl sites for hydroxylation is 1. The predicted molar refractivity (Wildman–Crippen MR) is 58.1 cm³/mol. The van der Waals surface area contributed by atoms with Crippen molar-refractivity contribution < 1.29 is 4.68 Å². The van der Waals surface area contributed by atoms with Crippen LogP contribution in [0.2, 0.25) is 0 Å². The summed E-state index contributed by atoms with van der Waals surface area (Å²) in [6, 6.07) is 5.64. The molecular formula is C10H10BrN2O+. The smallest absolute Gasteiger partial charge is 0.253 e. The molecule has 2 aromatic rings. The van der Waals surface area contributed by atoms with Crippen LogP contribution in [0.15, 0.2) is 33.7 Å². The van der Waals surface area contributed by atoms with Crippen LogP contribution >= 0.6 is 15.9 Å². The summed E-state index contributed by atoms with van der Waals surface area (Å²) >= 11 is 3.34. The van der Waals surface area contributed by atoms with Gasteiger partial charge in [0, 0.05) is 4.47 Å². The van der Waals surface area contributed by atoms with Gasteiger partial charge < -0.3 is 0 Å². The predicted octanol–water partition coefficient (Wildman–Crippen LogP) is 1.60. The Morgan fingerprint density at radius 1 is 1.50 bits per heavy atom. The second-order valence-corrected chi connectivity index (χ2v) is 4.00. The fourth-order valence-corrected chi connectivity index (χ4v) is 1.75.